The minimum atomic E-state index is 0.583. The Balaban J connectivity index is 3.38. The van der Waals surface area contributed by atoms with Gasteiger partial charge in [0.1, 0.15) is 0 Å². The summed E-state index contributed by atoms with van der Waals surface area (Å²) in [6.45, 7) is 1.93. The summed E-state index contributed by atoms with van der Waals surface area (Å²) in [5.41, 5.74) is 0. The smallest absolute Gasteiger partial charge is 0.204 e. The average Bonchev–Trinajstić information content (AvgIpc) is 1.72. The molecule has 0 saturated carbocycles. The standard InChI is InChI=1S/C4H10N2O/c1-3-4(6-5)7-2/h3,5H2,1-2H3/b6-4+. The zero-order valence-corrected chi connectivity index (χ0v) is 4.64. The molecule has 0 unspecified atom stereocenters. The van der Waals surface area contributed by atoms with Crippen LogP contribution in [0, 0.1) is 0 Å². The highest BCUT2D eigenvalue weighted by atomic mass is 16.5. The number of ether oxygens (including phenoxy) is 1. The summed E-state index contributed by atoms with van der Waals surface area (Å²) in [6, 6.07) is 0. The van der Waals surface area contributed by atoms with E-state index in [1.54, 1.807) is 7.11 Å². The molecule has 42 valence electrons. The number of methoxy groups -OCH3 is 1. The number of hydrogen-bond donors (Lipinski definition) is 1. The number of hydrogen-bond acceptors (Lipinski definition) is 3. The maximum absolute atomic E-state index is 4.86. The average molecular weight is 102 g/mol. The van der Waals surface area contributed by atoms with Gasteiger partial charge in [0.25, 0.3) is 0 Å². The molecule has 0 heterocycles. The first-order valence-electron chi connectivity index (χ1n) is 2.15. The highest BCUT2D eigenvalue weighted by Gasteiger charge is 1.86. The largest absolute Gasteiger partial charge is 0.483 e. The predicted molar refractivity (Wildman–Crippen MR) is 28.9 cm³/mol. The molecule has 0 amide bonds. The Morgan fingerprint density at radius 2 is 2.43 bits per heavy atom. The summed E-state index contributed by atoms with van der Waals surface area (Å²) in [6.07, 6.45) is 0.757. The van der Waals surface area contributed by atoms with E-state index in [0.29, 0.717) is 5.90 Å². The second-order valence-electron chi connectivity index (χ2n) is 1.08. The summed E-state index contributed by atoms with van der Waals surface area (Å²) < 4.78 is 4.67. The van der Waals surface area contributed by atoms with Crippen LogP contribution in [0.3, 0.4) is 0 Å². The number of hydrazone groups is 1. The van der Waals surface area contributed by atoms with E-state index in [1.165, 1.54) is 0 Å². The Labute approximate surface area is 43.2 Å². The van der Waals surface area contributed by atoms with E-state index in [-0.39, 0.29) is 0 Å². The molecule has 0 aromatic carbocycles. The molecular weight excluding hydrogens is 92.1 g/mol. The van der Waals surface area contributed by atoms with Gasteiger partial charge in [-0.25, -0.2) is 0 Å². The van der Waals surface area contributed by atoms with Gasteiger partial charge in [0.15, 0.2) is 0 Å². The lowest BCUT2D eigenvalue weighted by Crippen LogP contribution is -2.01. The molecule has 7 heavy (non-hydrogen) atoms. The van der Waals surface area contributed by atoms with E-state index in [9.17, 15) is 0 Å². The van der Waals surface area contributed by atoms with Gasteiger partial charge in [0, 0.05) is 6.42 Å². The van der Waals surface area contributed by atoms with Gasteiger partial charge in [0.2, 0.25) is 5.90 Å². The molecule has 0 bridgehead atoms. The third-order valence-electron chi connectivity index (χ3n) is 0.682. The fraction of sp³-hybridized carbons (Fsp3) is 0.750. The lowest BCUT2D eigenvalue weighted by Gasteiger charge is -1.94. The molecule has 0 aliphatic heterocycles. The van der Waals surface area contributed by atoms with Crippen molar-refractivity contribution < 1.29 is 4.74 Å². The van der Waals surface area contributed by atoms with Crippen LogP contribution in [-0.2, 0) is 4.74 Å². The second-order valence-corrected chi connectivity index (χ2v) is 1.08. The molecule has 0 aliphatic rings. The van der Waals surface area contributed by atoms with E-state index in [1.807, 2.05) is 6.92 Å². The predicted octanol–water partition coefficient (Wildman–Crippen LogP) is 0.315. The topological polar surface area (TPSA) is 47.6 Å². The van der Waals surface area contributed by atoms with Crippen LogP contribution in [0.4, 0.5) is 0 Å². The molecule has 0 radical (unpaired) electrons. The van der Waals surface area contributed by atoms with Gasteiger partial charge in [-0.15, -0.1) is 5.10 Å². The molecule has 0 spiro atoms. The van der Waals surface area contributed by atoms with Crippen LogP contribution in [0.2, 0.25) is 0 Å². The van der Waals surface area contributed by atoms with Crippen LogP contribution < -0.4 is 5.84 Å². The first-order valence-corrected chi connectivity index (χ1v) is 2.15. The second kappa shape index (κ2) is 3.46. The molecule has 0 aromatic heterocycles. The molecule has 0 rings (SSSR count). The van der Waals surface area contributed by atoms with E-state index in [4.69, 9.17) is 5.84 Å². The maximum Gasteiger partial charge on any atom is 0.204 e. The van der Waals surface area contributed by atoms with Gasteiger partial charge < -0.3 is 10.6 Å². The zero-order valence-electron chi connectivity index (χ0n) is 4.64. The number of rotatable bonds is 1. The fourth-order valence-corrected chi connectivity index (χ4v) is 0.288. The SMILES string of the molecule is CC/C(=N\N)OC. The van der Waals surface area contributed by atoms with E-state index in [0.717, 1.165) is 6.42 Å². The lowest BCUT2D eigenvalue weighted by molar-refractivity contribution is 0.390. The Kier molecular flexibility index (Phi) is 3.10. The Hall–Kier alpha value is -0.730. The van der Waals surface area contributed by atoms with Crippen LogP contribution in [0.5, 0.6) is 0 Å². The Morgan fingerprint density at radius 1 is 1.86 bits per heavy atom. The van der Waals surface area contributed by atoms with Crippen molar-refractivity contribution in [1.82, 2.24) is 0 Å². The number of nitrogens with two attached hydrogens (primary N) is 1. The third-order valence-corrected chi connectivity index (χ3v) is 0.682. The van der Waals surface area contributed by atoms with Crippen molar-refractivity contribution in [2.45, 2.75) is 13.3 Å². The molecule has 3 nitrogen and oxygen atoms in total. The normalized spacial score (nSPS) is 11.4. The van der Waals surface area contributed by atoms with Crippen LogP contribution in [0.25, 0.3) is 0 Å². The fourth-order valence-electron chi connectivity index (χ4n) is 0.288. The van der Waals surface area contributed by atoms with Crippen molar-refractivity contribution in [2.24, 2.45) is 10.9 Å². The van der Waals surface area contributed by atoms with Crippen molar-refractivity contribution in [2.75, 3.05) is 7.11 Å². The van der Waals surface area contributed by atoms with Crippen LogP contribution in [-0.4, -0.2) is 13.0 Å². The monoisotopic (exact) mass is 102 g/mol. The molecular formula is C4H10N2O. The highest BCUT2D eigenvalue weighted by Crippen LogP contribution is 1.80. The van der Waals surface area contributed by atoms with E-state index < -0.39 is 0 Å². The van der Waals surface area contributed by atoms with Gasteiger partial charge in [-0.2, -0.15) is 0 Å². The van der Waals surface area contributed by atoms with Crippen LogP contribution >= 0.6 is 0 Å². The molecule has 0 atom stereocenters. The van der Waals surface area contributed by atoms with E-state index >= 15 is 0 Å². The summed E-state index contributed by atoms with van der Waals surface area (Å²) in [5, 5.41) is 3.32. The van der Waals surface area contributed by atoms with Gasteiger partial charge in [0.05, 0.1) is 7.11 Å². The molecule has 0 aromatic rings. The van der Waals surface area contributed by atoms with E-state index in [2.05, 4.69) is 9.84 Å². The highest BCUT2D eigenvalue weighted by molar-refractivity contribution is 5.75. The minimum absolute atomic E-state index is 0.583. The van der Waals surface area contributed by atoms with Crippen molar-refractivity contribution in [3.8, 4) is 0 Å². The number of nitrogens with zero attached hydrogens (tertiary/aromatic N) is 1. The summed E-state index contributed by atoms with van der Waals surface area (Å²) in [5.74, 6) is 5.44. The quantitative estimate of drug-likeness (QED) is 0.224. The zero-order chi connectivity index (χ0) is 5.70. The molecule has 0 saturated heterocycles. The lowest BCUT2D eigenvalue weighted by atomic mass is 10.5. The van der Waals surface area contributed by atoms with Crippen LogP contribution in [0.15, 0.2) is 5.10 Å². The van der Waals surface area contributed by atoms with Crippen molar-refractivity contribution in [1.29, 1.82) is 0 Å². The van der Waals surface area contributed by atoms with Gasteiger partial charge in [-0.3, -0.25) is 0 Å². The minimum Gasteiger partial charge on any atom is -0.483 e. The molecule has 0 fully saturated rings. The maximum atomic E-state index is 4.86. The summed E-state index contributed by atoms with van der Waals surface area (Å²) >= 11 is 0. The molecule has 2 N–H and O–H groups in total. The van der Waals surface area contributed by atoms with Gasteiger partial charge >= 0.3 is 0 Å². The van der Waals surface area contributed by atoms with Gasteiger partial charge in [-0.05, 0) is 0 Å². The van der Waals surface area contributed by atoms with Crippen molar-refractivity contribution >= 4 is 5.90 Å². The Bertz CT molecular complexity index is 64.1. The first kappa shape index (κ1) is 6.27. The Morgan fingerprint density at radius 3 is 2.43 bits per heavy atom. The third kappa shape index (κ3) is 2.03. The molecule has 0 aliphatic carbocycles. The van der Waals surface area contributed by atoms with Crippen LogP contribution in [0.1, 0.15) is 13.3 Å². The summed E-state index contributed by atoms with van der Waals surface area (Å²) in [4.78, 5) is 0. The van der Waals surface area contributed by atoms with Gasteiger partial charge in [-0.1, -0.05) is 6.92 Å². The first-order chi connectivity index (χ1) is 3.35. The van der Waals surface area contributed by atoms with Crippen molar-refractivity contribution in [3.05, 3.63) is 0 Å². The summed E-state index contributed by atoms with van der Waals surface area (Å²) in [7, 11) is 1.55. The van der Waals surface area contributed by atoms with Crippen molar-refractivity contribution in [3.63, 3.8) is 0 Å². The molecule has 3 heteroatoms.